The molecule has 2 aromatic heterocycles. The lowest BCUT2D eigenvalue weighted by Crippen LogP contribution is -2.10. The molecule has 0 saturated heterocycles. The summed E-state index contributed by atoms with van der Waals surface area (Å²) in [6.07, 6.45) is 0. The number of para-hydroxylation sites is 2. The Hall–Kier alpha value is -6.32. The number of furan rings is 2. The normalized spacial score (nSPS) is 11.8. The number of fused-ring (bicyclic) bond motifs is 9. The number of anilines is 3. The molecule has 3 heteroatoms. The molecule has 2 heterocycles. The van der Waals surface area contributed by atoms with Crippen LogP contribution in [0.25, 0.3) is 76.5 Å². The molecule has 0 aliphatic carbocycles. The summed E-state index contributed by atoms with van der Waals surface area (Å²) in [5.74, 6) is 0. The Morgan fingerprint density at radius 1 is 0.319 bits per heavy atom. The maximum atomic E-state index is 6.43. The average Bonchev–Trinajstić information content (AvgIpc) is 3.69. The molecule has 10 aromatic rings. The third kappa shape index (κ3) is 4.07. The maximum Gasteiger partial charge on any atom is 0.137 e. The molecule has 0 unspecified atom stereocenters. The number of hydrogen-bond acceptors (Lipinski definition) is 3. The third-order valence-corrected chi connectivity index (χ3v) is 9.43. The van der Waals surface area contributed by atoms with E-state index in [1.165, 1.54) is 27.1 Å². The van der Waals surface area contributed by atoms with E-state index in [-0.39, 0.29) is 0 Å². The van der Waals surface area contributed by atoms with E-state index >= 15 is 0 Å². The zero-order valence-corrected chi connectivity index (χ0v) is 25.4. The van der Waals surface area contributed by atoms with Crippen molar-refractivity contribution in [3.63, 3.8) is 0 Å². The highest BCUT2D eigenvalue weighted by molar-refractivity contribution is 6.15. The molecule has 8 aromatic carbocycles. The maximum absolute atomic E-state index is 6.43. The van der Waals surface area contributed by atoms with E-state index in [9.17, 15) is 0 Å². The molecule has 10 rings (SSSR count). The molecular formula is C44H27NO2. The zero-order valence-electron chi connectivity index (χ0n) is 25.4. The van der Waals surface area contributed by atoms with Crippen molar-refractivity contribution in [3.05, 3.63) is 164 Å². The lowest BCUT2D eigenvalue weighted by atomic mass is 9.94. The van der Waals surface area contributed by atoms with E-state index in [2.05, 4.69) is 144 Å². The Balaban J connectivity index is 1.31. The minimum atomic E-state index is 0.859. The number of nitrogens with zero attached hydrogens (tertiary/aromatic N) is 1. The SMILES string of the molecule is c1ccc(-c2cc(N(c3ccc4c(c3)oc3ccccc34)c3ccc4oc5ccccc5c4c3)c3ccc4ccccc4c3c2)cc1. The minimum Gasteiger partial charge on any atom is -0.456 e. The van der Waals surface area contributed by atoms with Gasteiger partial charge in [0, 0.05) is 44.4 Å². The molecule has 0 amide bonds. The van der Waals surface area contributed by atoms with Gasteiger partial charge < -0.3 is 13.7 Å². The molecule has 3 nitrogen and oxygen atoms in total. The van der Waals surface area contributed by atoms with Crippen molar-refractivity contribution in [2.45, 2.75) is 0 Å². The predicted octanol–water partition coefficient (Wildman–Crippen LogP) is 12.9. The van der Waals surface area contributed by atoms with Crippen LogP contribution in [0.3, 0.4) is 0 Å². The number of benzene rings is 8. The highest BCUT2D eigenvalue weighted by Crippen LogP contribution is 2.45. The second-order valence-corrected chi connectivity index (χ2v) is 12.1. The first-order chi connectivity index (χ1) is 23.3. The van der Waals surface area contributed by atoms with Gasteiger partial charge in [0.1, 0.15) is 22.3 Å². The second-order valence-electron chi connectivity index (χ2n) is 12.1. The Kier molecular flexibility index (Phi) is 5.57. The van der Waals surface area contributed by atoms with Crippen molar-refractivity contribution in [2.24, 2.45) is 0 Å². The van der Waals surface area contributed by atoms with Gasteiger partial charge in [0.15, 0.2) is 0 Å². The van der Waals surface area contributed by atoms with Crippen molar-refractivity contribution in [3.8, 4) is 11.1 Å². The summed E-state index contributed by atoms with van der Waals surface area (Å²) in [4.78, 5) is 2.37. The third-order valence-electron chi connectivity index (χ3n) is 9.43. The van der Waals surface area contributed by atoms with Gasteiger partial charge in [-0.1, -0.05) is 103 Å². The first kappa shape index (κ1) is 26.0. The van der Waals surface area contributed by atoms with E-state index in [1.807, 2.05) is 24.3 Å². The largest absolute Gasteiger partial charge is 0.456 e. The summed E-state index contributed by atoms with van der Waals surface area (Å²) in [6.45, 7) is 0. The van der Waals surface area contributed by atoms with Gasteiger partial charge in [0.25, 0.3) is 0 Å². The van der Waals surface area contributed by atoms with E-state index < -0.39 is 0 Å². The first-order valence-electron chi connectivity index (χ1n) is 15.9. The van der Waals surface area contributed by atoms with Crippen LogP contribution >= 0.6 is 0 Å². The molecule has 0 aliphatic heterocycles. The highest BCUT2D eigenvalue weighted by Gasteiger charge is 2.21. The van der Waals surface area contributed by atoms with Gasteiger partial charge in [-0.05, 0) is 81.9 Å². The van der Waals surface area contributed by atoms with Crippen molar-refractivity contribution in [1.82, 2.24) is 0 Å². The summed E-state index contributed by atoms with van der Waals surface area (Å²) in [5.41, 5.74) is 8.99. The van der Waals surface area contributed by atoms with Crippen LogP contribution in [0.1, 0.15) is 0 Å². The van der Waals surface area contributed by atoms with Gasteiger partial charge in [0.05, 0.1) is 5.69 Å². The molecule has 220 valence electrons. The zero-order chi connectivity index (χ0) is 30.9. The molecule has 0 N–H and O–H groups in total. The molecule has 0 fully saturated rings. The van der Waals surface area contributed by atoms with Crippen molar-refractivity contribution < 1.29 is 8.83 Å². The lowest BCUT2D eigenvalue weighted by molar-refractivity contribution is 0.668. The Morgan fingerprint density at radius 2 is 0.915 bits per heavy atom. The van der Waals surface area contributed by atoms with Crippen LogP contribution in [0.4, 0.5) is 17.1 Å². The van der Waals surface area contributed by atoms with E-state index in [4.69, 9.17) is 8.83 Å². The number of hydrogen-bond donors (Lipinski definition) is 0. The Bertz CT molecular complexity index is 2810. The fourth-order valence-electron chi connectivity index (χ4n) is 7.21. The monoisotopic (exact) mass is 601 g/mol. The van der Waals surface area contributed by atoms with Crippen molar-refractivity contribution >= 4 is 82.5 Å². The minimum absolute atomic E-state index is 0.859. The predicted molar refractivity (Wildman–Crippen MR) is 196 cm³/mol. The van der Waals surface area contributed by atoms with Gasteiger partial charge >= 0.3 is 0 Å². The summed E-state index contributed by atoms with van der Waals surface area (Å²) in [7, 11) is 0. The Morgan fingerprint density at radius 3 is 1.74 bits per heavy atom. The average molecular weight is 602 g/mol. The standard InChI is InChI=1S/C44H27NO2/c1-2-10-28(11-3-1)30-24-38-33-13-5-4-12-29(33)18-21-34(38)40(25-30)45(31-20-23-43-39(26-31)36-15-7-9-17-42(36)46-43)32-19-22-37-35-14-6-8-16-41(35)47-44(37)27-32/h1-27H. The van der Waals surface area contributed by atoms with Crippen LogP contribution in [0.2, 0.25) is 0 Å². The topological polar surface area (TPSA) is 29.5 Å². The second kappa shape index (κ2) is 10.1. The molecule has 47 heavy (non-hydrogen) atoms. The summed E-state index contributed by atoms with van der Waals surface area (Å²) < 4.78 is 12.7. The molecule has 0 aliphatic rings. The quantitative estimate of drug-likeness (QED) is 0.188. The fraction of sp³-hybridized carbons (Fsp3) is 0. The fourth-order valence-corrected chi connectivity index (χ4v) is 7.21. The molecular weight excluding hydrogens is 574 g/mol. The summed E-state index contributed by atoms with van der Waals surface area (Å²) in [5, 5.41) is 9.25. The van der Waals surface area contributed by atoms with Gasteiger partial charge in [-0.15, -0.1) is 0 Å². The lowest BCUT2D eigenvalue weighted by Gasteiger charge is -2.28. The smallest absolute Gasteiger partial charge is 0.137 e. The number of rotatable bonds is 4. The van der Waals surface area contributed by atoms with Gasteiger partial charge in [-0.25, -0.2) is 0 Å². The highest BCUT2D eigenvalue weighted by atomic mass is 16.3. The molecule has 0 radical (unpaired) electrons. The summed E-state index contributed by atoms with van der Waals surface area (Å²) in [6, 6.07) is 58.0. The van der Waals surface area contributed by atoms with Crippen LogP contribution in [0.5, 0.6) is 0 Å². The van der Waals surface area contributed by atoms with Crippen LogP contribution in [0, 0.1) is 0 Å². The van der Waals surface area contributed by atoms with Gasteiger partial charge in [-0.3, -0.25) is 0 Å². The van der Waals surface area contributed by atoms with Crippen LogP contribution in [0.15, 0.2) is 173 Å². The molecule has 0 atom stereocenters. The van der Waals surface area contributed by atoms with E-state index in [0.717, 1.165) is 66.5 Å². The first-order valence-corrected chi connectivity index (χ1v) is 15.9. The van der Waals surface area contributed by atoms with Gasteiger partial charge in [-0.2, -0.15) is 0 Å². The molecule has 0 saturated carbocycles. The molecule has 0 bridgehead atoms. The van der Waals surface area contributed by atoms with Crippen molar-refractivity contribution in [1.29, 1.82) is 0 Å². The van der Waals surface area contributed by atoms with Crippen LogP contribution in [-0.2, 0) is 0 Å². The summed E-state index contributed by atoms with van der Waals surface area (Å²) >= 11 is 0. The van der Waals surface area contributed by atoms with Crippen molar-refractivity contribution in [2.75, 3.05) is 4.90 Å². The van der Waals surface area contributed by atoms with Crippen LogP contribution < -0.4 is 4.90 Å². The van der Waals surface area contributed by atoms with Gasteiger partial charge in [0.2, 0.25) is 0 Å². The van der Waals surface area contributed by atoms with E-state index in [0.29, 0.717) is 0 Å². The van der Waals surface area contributed by atoms with E-state index in [1.54, 1.807) is 0 Å². The van der Waals surface area contributed by atoms with Crippen LogP contribution in [-0.4, -0.2) is 0 Å². The Labute approximate surface area is 270 Å². The molecule has 0 spiro atoms.